The molecule has 1 aromatic carbocycles. The van der Waals surface area contributed by atoms with E-state index in [1.54, 1.807) is 6.07 Å². The van der Waals surface area contributed by atoms with Crippen molar-refractivity contribution in [3.05, 3.63) is 28.1 Å². The highest BCUT2D eigenvalue weighted by Crippen LogP contribution is 2.35. The van der Waals surface area contributed by atoms with Crippen molar-refractivity contribution in [2.45, 2.75) is 18.9 Å². The van der Waals surface area contributed by atoms with Gasteiger partial charge in [0.1, 0.15) is 4.88 Å². The monoisotopic (exact) mass is 310 g/mol. The number of aliphatic hydroxyl groups is 1. The van der Waals surface area contributed by atoms with Crippen LogP contribution in [-0.2, 0) is 0 Å². The van der Waals surface area contributed by atoms with Gasteiger partial charge in [-0.1, -0.05) is 11.6 Å². The molecule has 0 spiro atoms. The molecule has 6 heteroatoms. The average Bonchev–Trinajstić information content (AvgIpc) is 2.70. The summed E-state index contributed by atoms with van der Waals surface area (Å²) in [4.78, 5) is 12.7. The van der Waals surface area contributed by atoms with Gasteiger partial charge in [0.2, 0.25) is 0 Å². The first-order chi connectivity index (χ1) is 9.54. The minimum Gasteiger partial charge on any atom is -0.397 e. The minimum absolute atomic E-state index is 0.152. The molecule has 2 aromatic rings. The third-order valence-electron chi connectivity index (χ3n) is 3.66. The number of hydrogen-bond donors (Lipinski definition) is 3. The van der Waals surface area contributed by atoms with Crippen molar-refractivity contribution in [1.82, 2.24) is 5.32 Å². The van der Waals surface area contributed by atoms with Crippen LogP contribution in [0.5, 0.6) is 0 Å². The van der Waals surface area contributed by atoms with Crippen LogP contribution >= 0.6 is 22.9 Å². The molecule has 0 atom stereocenters. The van der Waals surface area contributed by atoms with Crippen LogP contribution < -0.4 is 11.1 Å². The van der Waals surface area contributed by atoms with Gasteiger partial charge >= 0.3 is 0 Å². The van der Waals surface area contributed by atoms with Crippen molar-refractivity contribution in [3.63, 3.8) is 0 Å². The molecule has 0 unspecified atom stereocenters. The van der Waals surface area contributed by atoms with Crippen LogP contribution in [0.25, 0.3) is 10.1 Å². The van der Waals surface area contributed by atoms with E-state index < -0.39 is 0 Å². The zero-order chi connectivity index (χ0) is 14.3. The second-order valence-corrected chi connectivity index (χ2v) is 6.68. The molecule has 20 heavy (non-hydrogen) atoms. The molecule has 1 aromatic heterocycles. The molecule has 1 amide bonds. The van der Waals surface area contributed by atoms with E-state index in [0.717, 1.165) is 22.9 Å². The van der Waals surface area contributed by atoms with E-state index in [1.165, 1.54) is 11.3 Å². The van der Waals surface area contributed by atoms with Crippen molar-refractivity contribution in [2.75, 3.05) is 12.3 Å². The van der Waals surface area contributed by atoms with E-state index in [1.807, 2.05) is 12.1 Å². The van der Waals surface area contributed by atoms with Gasteiger partial charge in [-0.15, -0.1) is 11.3 Å². The fourth-order valence-electron chi connectivity index (χ4n) is 2.44. The Morgan fingerprint density at radius 3 is 2.95 bits per heavy atom. The zero-order valence-electron chi connectivity index (χ0n) is 10.7. The third kappa shape index (κ3) is 2.49. The molecule has 4 nitrogen and oxygen atoms in total. The van der Waals surface area contributed by atoms with Gasteiger partial charge in [-0.3, -0.25) is 4.79 Å². The average molecular weight is 311 g/mol. The second-order valence-electron chi connectivity index (χ2n) is 5.19. The molecule has 106 valence electrons. The Bertz CT molecular complexity index is 664. The molecule has 1 heterocycles. The first-order valence-corrected chi connectivity index (χ1v) is 7.68. The summed E-state index contributed by atoms with van der Waals surface area (Å²) >= 11 is 7.30. The summed E-state index contributed by atoms with van der Waals surface area (Å²) in [6, 6.07) is 5.42. The summed E-state index contributed by atoms with van der Waals surface area (Å²) in [5.41, 5.74) is 6.54. The van der Waals surface area contributed by atoms with E-state index in [2.05, 4.69) is 5.32 Å². The van der Waals surface area contributed by atoms with E-state index in [4.69, 9.17) is 17.3 Å². The lowest BCUT2D eigenvalue weighted by atomic mass is 9.82. The van der Waals surface area contributed by atoms with E-state index in [9.17, 15) is 9.90 Å². The molecule has 0 saturated heterocycles. The van der Waals surface area contributed by atoms with Crippen LogP contribution in [0.4, 0.5) is 5.69 Å². The number of carbonyl (C=O) groups is 1. The van der Waals surface area contributed by atoms with Gasteiger partial charge < -0.3 is 16.2 Å². The molecule has 3 rings (SSSR count). The summed E-state index contributed by atoms with van der Waals surface area (Å²) in [5, 5.41) is 13.6. The minimum atomic E-state index is -0.201. The van der Waals surface area contributed by atoms with Gasteiger partial charge in [-0.25, -0.2) is 0 Å². The Hall–Kier alpha value is -1.30. The summed E-state index contributed by atoms with van der Waals surface area (Å²) in [5.74, 6) is 0.222. The lowest BCUT2D eigenvalue weighted by Crippen LogP contribution is -2.38. The number of fused-ring (bicyclic) bond motifs is 1. The van der Waals surface area contributed by atoms with Crippen molar-refractivity contribution in [2.24, 2.45) is 5.92 Å². The van der Waals surface area contributed by atoms with Crippen molar-refractivity contribution in [1.29, 1.82) is 0 Å². The lowest BCUT2D eigenvalue weighted by Gasteiger charge is -2.31. The summed E-state index contributed by atoms with van der Waals surface area (Å²) in [6.07, 6.45) is 1.32. The Kier molecular flexibility index (Phi) is 3.58. The zero-order valence-corrected chi connectivity index (χ0v) is 12.3. The van der Waals surface area contributed by atoms with Crippen LogP contribution in [0.1, 0.15) is 22.5 Å². The van der Waals surface area contributed by atoms with Crippen LogP contribution in [0.2, 0.25) is 5.02 Å². The molecule has 0 radical (unpaired) electrons. The number of amides is 1. The number of aliphatic hydroxyl groups excluding tert-OH is 1. The second kappa shape index (κ2) is 5.24. The Balaban J connectivity index is 1.75. The number of thiophene rings is 1. The number of anilines is 1. The number of hydrogen-bond acceptors (Lipinski definition) is 4. The molecule has 1 saturated carbocycles. The fourth-order valence-corrected chi connectivity index (χ4v) is 3.76. The van der Waals surface area contributed by atoms with Crippen molar-refractivity contribution >= 4 is 44.6 Å². The SMILES string of the molecule is Nc1c(C(=O)NCC2CC(O)C2)sc2cc(Cl)ccc12. The maximum absolute atomic E-state index is 12.2. The topological polar surface area (TPSA) is 75.4 Å². The highest BCUT2D eigenvalue weighted by atomic mass is 35.5. The van der Waals surface area contributed by atoms with E-state index in [0.29, 0.717) is 28.0 Å². The summed E-state index contributed by atoms with van der Waals surface area (Å²) in [6.45, 7) is 0.588. The van der Waals surface area contributed by atoms with Gasteiger partial charge in [-0.05, 0) is 37.0 Å². The summed E-state index contributed by atoms with van der Waals surface area (Å²) < 4.78 is 0.916. The Labute approximate surface area is 125 Å². The third-order valence-corrected chi connectivity index (χ3v) is 5.06. The number of nitrogens with two attached hydrogens (primary N) is 1. The van der Waals surface area contributed by atoms with Gasteiger partial charge in [0.25, 0.3) is 5.91 Å². The van der Waals surface area contributed by atoms with Gasteiger partial charge in [0.05, 0.1) is 11.8 Å². The maximum atomic E-state index is 12.2. The van der Waals surface area contributed by atoms with Crippen LogP contribution in [0.3, 0.4) is 0 Å². The molecule has 1 fully saturated rings. The largest absolute Gasteiger partial charge is 0.397 e. The van der Waals surface area contributed by atoms with Crippen molar-refractivity contribution in [3.8, 4) is 0 Å². The van der Waals surface area contributed by atoms with E-state index >= 15 is 0 Å². The molecule has 1 aliphatic rings. The van der Waals surface area contributed by atoms with Gasteiger partial charge in [0.15, 0.2) is 0 Å². The first kappa shape index (κ1) is 13.7. The molecular formula is C14H15ClN2O2S. The number of nitrogens with one attached hydrogen (secondary N) is 1. The quantitative estimate of drug-likeness (QED) is 0.816. The van der Waals surface area contributed by atoms with Gasteiger partial charge in [-0.2, -0.15) is 0 Å². The number of carbonyl (C=O) groups excluding carboxylic acids is 1. The Morgan fingerprint density at radius 2 is 2.25 bits per heavy atom. The number of benzene rings is 1. The fraction of sp³-hybridized carbons (Fsp3) is 0.357. The Morgan fingerprint density at radius 1 is 1.50 bits per heavy atom. The predicted molar refractivity (Wildman–Crippen MR) is 82.3 cm³/mol. The standard InChI is InChI=1S/C14H15ClN2O2S/c15-8-1-2-10-11(5-8)20-13(12(10)16)14(19)17-6-7-3-9(18)4-7/h1-2,5,7,9,18H,3-4,6,16H2,(H,17,19). The van der Waals surface area contributed by atoms with Crippen LogP contribution in [0.15, 0.2) is 18.2 Å². The number of nitrogen functional groups attached to an aromatic ring is 1. The number of rotatable bonds is 3. The smallest absolute Gasteiger partial charge is 0.263 e. The van der Waals surface area contributed by atoms with Crippen LogP contribution in [0, 0.1) is 5.92 Å². The molecule has 1 aliphatic carbocycles. The predicted octanol–water partition coefficient (Wildman–Crippen LogP) is 2.64. The van der Waals surface area contributed by atoms with Crippen LogP contribution in [-0.4, -0.2) is 23.7 Å². The molecule has 0 bridgehead atoms. The van der Waals surface area contributed by atoms with E-state index in [-0.39, 0.29) is 12.0 Å². The number of halogens is 1. The van der Waals surface area contributed by atoms with Crippen molar-refractivity contribution < 1.29 is 9.90 Å². The normalized spacial score (nSPS) is 21.7. The lowest BCUT2D eigenvalue weighted by molar-refractivity contribution is 0.0420. The highest BCUT2D eigenvalue weighted by Gasteiger charge is 2.27. The summed E-state index contributed by atoms with van der Waals surface area (Å²) in [7, 11) is 0. The maximum Gasteiger partial charge on any atom is 0.263 e. The van der Waals surface area contributed by atoms with Gasteiger partial charge in [0, 0.05) is 21.7 Å². The highest BCUT2D eigenvalue weighted by molar-refractivity contribution is 7.21. The molecule has 4 N–H and O–H groups in total. The molecule has 0 aliphatic heterocycles. The first-order valence-electron chi connectivity index (χ1n) is 6.48. The molecular weight excluding hydrogens is 296 g/mol.